The molecule has 0 aliphatic heterocycles. The van der Waals surface area contributed by atoms with Gasteiger partial charge >= 0.3 is 12.0 Å². The third kappa shape index (κ3) is 4.47. The maximum atomic E-state index is 11.7. The van der Waals surface area contributed by atoms with Crippen molar-refractivity contribution in [2.75, 3.05) is 11.6 Å². The van der Waals surface area contributed by atoms with Crippen molar-refractivity contribution in [3.63, 3.8) is 0 Å². The summed E-state index contributed by atoms with van der Waals surface area (Å²) in [6, 6.07) is 7.11. The fourth-order valence-electron chi connectivity index (χ4n) is 1.50. The van der Waals surface area contributed by atoms with Gasteiger partial charge in [0.1, 0.15) is 5.01 Å². The smallest absolute Gasteiger partial charge is 0.355 e. The number of carboxylic acids is 1. The first-order valence-corrected chi connectivity index (χ1v) is 8.05. The highest BCUT2D eigenvalue weighted by Gasteiger charge is 2.09. The van der Waals surface area contributed by atoms with Crippen LogP contribution in [-0.2, 0) is 6.54 Å². The average molecular weight is 323 g/mol. The lowest BCUT2D eigenvalue weighted by atomic mass is 10.3. The van der Waals surface area contributed by atoms with E-state index in [1.54, 1.807) is 11.8 Å². The number of aromatic nitrogens is 1. The maximum Gasteiger partial charge on any atom is 0.355 e. The zero-order chi connectivity index (χ0) is 15.2. The van der Waals surface area contributed by atoms with Crippen LogP contribution >= 0.6 is 23.1 Å². The molecule has 8 heteroatoms. The first-order chi connectivity index (χ1) is 10.1. The van der Waals surface area contributed by atoms with Crippen LogP contribution in [0.3, 0.4) is 0 Å². The largest absolute Gasteiger partial charge is 0.476 e. The molecule has 0 spiro atoms. The van der Waals surface area contributed by atoms with Crippen LogP contribution in [0.5, 0.6) is 0 Å². The number of aromatic carboxylic acids is 1. The van der Waals surface area contributed by atoms with Gasteiger partial charge in [0.15, 0.2) is 5.69 Å². The van der Waals surface area contributed by atoms with Crippen molar-refractivity contribution in [3.8, 4) is 0 Å². The highest BCUT2D eigenvalue weighted by molar-refractivity contribution is 7.98. The van der Waals surface area contributed by atoms with Gasteiger partial charge in [-0.15, -0.1) is 23.1 Å². The summed E-state index contributed by atoms with van der Waals surface area (Å²) in [6.07, 6.45) is 1.98. The lowest BCUT2D eigenvalue weighted by Gasteiger charge is -2.06. The number of carboxylic acid groups (broad SMARTS) is 1. The Bertz CT molecular complexity index is 640. The van der Waals surface area contributed by atoms with Gasteiger partial charge < -0.3 is 15.7 Å². The number of benzene rings is 1. The second-order valence-electron chi connectivity index (χ2n) is 3.97. The molecule has 0 fully saturated rings. The number of thiazole rings is 1. The van der Waals surface area contributed by atoms with E-state index in [-0.39, 0.29) is 18.3 Å². The van der Waals surface area contributed by atoms with Crippen molar-refractivity contribution in [2.24, 2.45) is 0 Å². The van der Waals surface area contributed by atoms with Crippen LogP contribution in [0.25, 0.3) is 0 Å². The quantitative estimate of drug-likeness (QED) is 0.736. The molecule has 0 saturated heterocycles. The average Bonchev–Trinajstić information content (AvgIpc) is 2.95. The van der Waals surface area contributed by atoms with E-state index in [1.165, 1.54) is 16.7 Å². The van der Waals surface area contributed by atoms with E-state index in [0.717, 1.165) is 4.90 Å². The number of nitrogens with one attached hydrogen (secondary N) is 2. The zero-order valence-electron chi connectivity index (χ0n) is 11.1. The number of hydrogen-bond acceptors (Lipinski definition) is 5. The van der Waals surface area contributed by atoms with Crippen molar-refractivity contribution < 1.29 is 14.7 Å². The van der Waals surface area contributed by atoms with E-state index in [1.807, 2.05) is 30.5 Å². The van der Waals surface area contributed by atoms with Crippen LogP contribution in [-0.4, -0.2) is 28.3 Å². The minimum absolute atomic E-state index is 0.00939. The van der Waals surface area contributed by atoms with Crippen molar-refractivity contribution in [1.29, 1.82) is 0 Å². The third-order valence-electron chi connectivity index (χ3n) is 2.52. The lowest BCUT2D eigenvalue weighted by Crippen LogP contribution is -2.28. The Kier molecular flexibility index (Phi) is 5.18. The van der Waals surface area contributed by atoms with Gasteiger partial charge in [-0.2, -0.15) is 0 Å². The second-order valence-corrected chi connectivity index (χ2v) is 5.79. The fraction of sp³-hybridized carbons (Fsp3) is 0.154. The highest BCUT2D eigenvalue weighted by Crippen LogP contribution is 2.17. The topological polar surface area (TPSA) is 91.3 Å². The van der Waals surface area contributed by atoms with Gasteiger partial charge in [-0.1, -0.05) is 0 Å². The van der Waals surface area contributed by atoms with Gasteiger partial charge in [0, 0.05) is 16.0 Å². The van der Waals surface area contributed by atoms with Crippen molar-refractivity contribution in [3.05, 3.63) is 40.3 Å². The van der Waals surface area contributed by atoms with E-state index in [0.29, 0.717) is 10.7 Å². The predicted molar refractivity (Wildman–Crippen MR) is 83.2 cm³/mol. The standard InChI is InChI=1S/C13H13N3O3S2/c1-20-9-4-2-8(3-5-9)15-13(19)14-6-11-16-10(7-21-11)12(17)18/h2-5,7H,6H2,1H3,(H,17,18)(H2,14,15,19). The summed E-state index contributed by atoms with van der Waals surface area (Å²) in [7, 11) is 0. The Labute approximate surface area is 129 Å². The number of nitrogens with zero attached hydrogens (tertiary/aromatic N) is 1. The van der Waals surface area contributed by atoms with Gasteiger partial charge in [-0.3, -0.25) is 0 Å². The Balaban J connectivity index is 1.84. The number of thioether (sulfide) groups is 1. The van der Waals surface area contributed by atoms with E-state index in [4.69, 9.17) is 5.11 Å². The van der Waals surface area contributed by atoms with Gasteiger partial charge in [0.05, 0.1) is 6.54 Å². The third-order valence-corrected chi connectivity index (χ3v) is 4.11. The van der Waals surface area contributed by atoms with Gasteiger partial charge in [-0.25, -0.2) is 14.6 Å². The molecular weight excluding hydrogens is 310 g/mol. The fourth-order valence-corrected chi connectivity index (χ4v) is 2.61. The zero-order valence-corrected chi connectivity index (χ0v) is 12.8. The summed E-state index contributed by atoms with van der Waals surface area (Å²) in [6.45, 7) is 0.187. The Morgan fingerprint density at radius 2 is 2.05 bits per heavy atom. The molecule has 0 aliphatic rings. The minimum atomic E-state index is -1.07. The second kappa shape index (κ2) is 7.09. The van der Waals surface area contributed by atoms with Gasteiger partial charge in [0.25, 0.3) is 0 Å². The molecule has 1 heterocycles. The van der Waals surface area contributed by atoms with E-state index in [2.05, 4.69) is 15.6 Å². The van der Waals surface area contributed by atoms with E-state index in [9.17, 15) is 9.59 Å². The van der Waals surface area contributed by atoms with Crippen molar-refractivity contribution in [2.45, 2.75) is 11.4 Å². The summed E-state index contributed by atoms with van der Waals surface area (Å²) in [5.41, 5.74) is 0.681. The molecule has 21 heavy (non-hydrogen) atoms. The SMILES string of the molecule is CSc1ccc(NC(=O)NCc2nc(C(=O)O)cs2)cc1. The number of anilines is 1. The molecule has 6 nitrogen and oxygen atoms in total. The van der Waals surface area contributed by atoms with Crippen LogP contribution in [0, 0.1) is 0 Å². The summed E-state index contributed by atoms with van der Waals surface area (Å²) in [5, 5.41) is 16.1. The minimum Gasteiger partial charge on any atom is -0.476 e. The van der Waals surface area contributed by atoms with Crippen LogP contribution in [0.1, 0.15) is 15.5 Å². The van der Waals surface area contributed by atoms with E-state index < -0.39 is 5.97 Å². The molecule has 2 rings (SSSR count). The van der Waals surface area contributed by atoms with Crippen molar-refractivity contribution >= 4 is 40.8 Å². The molecule has 0 unspecified atom stereocenters. The first kappa shape index (κ1) is 15.3. The lowest BCUT2D eigenvalue weighted by molar-refractivity contribution is 0.0691. The van der Waals surface area contributed by atoms with Crippen LogP contribution in [0.15, 0.2) is 34.5 Å². The summed E-state index contributed by atoms with van der Waals surface area (Å²) < 4.78 is 0. The molecule has 2 aromatic rings. The normalized spacial score (nSPS) is 10.1. The molecule has 0 aliphatic carbocycles. The molecular formula is C13H13N3O3S2. The Hall–Kier alpha value is -2.06. The highest BCUT2D eigenvalue weighted by atomic mass is 32.2. The number of hydrogen-bond donors (Lipinski definition) is 3. The van der Waals surface area contributed by atoms with Crippen molar-refractivity contribution in [1.82, 2.24) is 10.3 Å². The molecule has 0 atom stereocenters. The van der Waals surface area contributed by atoms with E-state index >= 15 is 0 Å². The summed E-state index contributed by atoms with van der Waals surface area (Å²) >= 11 is 2.82. The van der Waals surface area contributed by atoms with Crippen LogP contribution in [0.4, 0.5) is 10.5 Å². The number of carbonyl (C=O) groups is 2. The molecule has 1 aromatic heterocycles. The number of amides is 2. The van der Waals surface area contributed by atoms with Gasteiger partial charge in [-0.05, 0) is 30.5 Å². The van der Waals surface area contributed by atoms with Crippen LogP contribution < -0.4 is 10.6 Å². The number of rotatable bonds is 5. The maximum absolute atomic E-state index is 11.7. The Morgan fingerprint density at radius 1 is 1.33 bits per heavy atom. The number of carbonyl (C=O) groups excluding carboxylic acids is 1. The molecule has 2 amide bonds. The molecule has 3 N–H and O–H groups in total. The molecule has 0 bridgehead atoms. The summed E-state index contributed by atoms with van der Waals surface area (Å²) in [5.74, 6) is -1.07. The molecule has 1 aromatic carbocycles. The molecule has 110 valence electrons. The first-order valence-electron chi connectivity index (χ1n) is 5.95. The van der Waals surface area contributed by atoms with Crippen LogP contribution in [0.2, 0.25) is 0 Å². The van der Waals surface area contributed by atoms with Gasteiger partial charge in [0.2, 0.25) is 0 Å². The molecule has 0 saturated carbocycles. The predicted octanol–water partition coefficient (Wildman–Crippen LogP) is 2.88. The Morgan fingerprint density at radius 3 is 2.62 bits per heavy atom. The number of urea groups is 1. The summed E-state index contributed by atoms with van der Waals surface area (Å²) in [4.78, 5) is 27.4. The molecule has 0 radical (unpaired) electrons. The monoisotopic (exact) mass is 323 g/mol.